The van der Waals surface area contributed by atoms with E-state index >= 15 is 0 Å². The zero-order valence-corrected chi connectivity index (χ0v) is 22.5. The largest absolute Gasteiger partial charge is 0.454 e. The molecule has 0 aliphatic carbocycles. The molecular weight excluding hydrogens is 546 g/mol. The van der Waals surface area contributed by atoms with Gasteiger partial charge in [0.05, 0.1) is 0 Å². The van der Waals surface area contributed by atoms with E-state index in [1.165, 1.54) is 11.3 Å². The van der Waals surface area contributed by atoms with Crippen LogP contribution in [0.5, 0.6) is 11.5 Å². The molecule has 0 atom stereocenters. The molecule has 0 amide bonds. The van der Waals surface area contributed by atoms with Crippen molar-refractivity contribution in [1.82, 2.24) is 5.16 Å². The Morgan fingerprint density at radius 3 is 2.58 bits per heavy atom. The number of nitrogen functional groups attached to an aromatic ring is 1. The van der Waals surface area contributed by atoms with Crippen molar-refractivity contribution in [3.63, 3.8) is 0 Å². The molecule has 8 nitrogen and oxygen atoms in total. The minimum absolute atomic E-state index is 0.0905. The zero-order chi connectivity index (χ0) is 26.4. The highest BCUT2D eigenvalue weighted by atomic mass is 35.5. The average Bonchev–Trinajstić information content (AvgIpc) is 3.60. The summed E-state index contributed by atoms with van der Waals surface area (Å²) in [6, 6.07) is 19.3. The van der Waals surface area contributed by atoms with Gasteiger partial charge in [-0.05, 0) is 48.2 Å². The highest BCUT2D eigenvalue weighted by Crippen LogP contribution is 2.43. The summed E-state index contributed by atoms with van der Waals surface area (Å²) in [5.41, 5.74) is 10.3. The monoisotopic (exact) mass is 567 g/mol. The summed E-state index contributed by atoms with van der Waals surface area (Å²) >= 11 is 7.61. The summed E-state index contributed by atoms with van der Waals surface area (Å²) in [5, 5.41) is 4.34. The molecule has 6 rings (SSSR count). The fourth-order valence-electron chi connectivity index (χ4n) is 4.48. The number of halogens is 1. The van der Waals surface area contributed by atoms with Gasteiger partial charge >= 0.3 is 0 Å². The van der Waals surface area contributed by atoms with Crippen LogP contribution in [-0.2, 0) is 22.9 Å². The number of nitrogens with zero attached hydrogens (tertiary/aromatic N) is 1. The lowest BCUT2D eigenvalue weighted by molar-refractivity contribution is 0.174. The van der Waals surface area contributed by atoms with E-state index in [2.05, 4.69) is 9.88 Å². The quantitative estimate of drug-likeness (QED) is 0.227. The molecule has 3 aromatic carbocycles. The third-order valence-corrected chi connectivity index (χ3v) is 9.51. The van der Waals surface area contributed by atoms with Crippen LogP contribution in [-0.4, -0.2) is 20.4 Å². The Labute approximate surface area is 228 Å². The van der Waals surface area contributed by atoms with Crippen molar-refractivity contribution in [3.05, 3.63) is 92.9 Å². The lowest BCUT2D eigenvalue weighted by Gasteiger charge is -2.11. The number of sulfonamides is 1. The summed E-state index contributed by atoms with van der Waals surface area (Å²) in [6.45, 7) is 1.78. The van der Waals surface area contributed by atoms with Gasteiger partial charge in [0.15, 0.2) is 11.5 Å². The first-order chi connectivity index (χ1) is 18.3. The standard InChI is InChI=1S/C27H22ClN3O5S2/c1-15-24(28)27(36-30-15)31-38(32,33)26-22(13-17-7-9-19-20(12-17)35-14-34-19)37-21-10-8-18(25(29)23(21)26)11-16-5-3-2-4-6-16/h2-10,12,31H,11,13-14,29H2,1H3. The van der Waals surface area contributed by atoms with Gasteiger partial charge in [-0.25, -0.2) is 13.1 Å². The average molecular weight is 568 g/mol. The molecule has 0 unspecified atom stereocenters. The highest BCUT2D eigenvalue weighted by Gasteiger charge is 2.30. The molecule has 38 heavy (non-hydrogen) atoms. The number of hydrogen-bond donors (Lipinski definition) is 2. The minimum atomic E-state index is -4.17. The van der Waals surface area contributed by atoms with Crippen LogP contribution in [0.25, 0.3) is 10.1 Å². The van der Waals surface area contributed by atoms with Crippen LogP contribution < -0.4 is 19.9 Å². The van der Waals surface area contributed by atoms with Crippen molar-refractivity contribution in [3.8, 4) is 11.5 Å². The zero-order valence-electron chi connectivity index (χ0n) is 20.2. The summed E-state index contributed by atoms with van der Waals surface area (Å²) in [5.74, 6) is 1.14. The second kappa shape index (κ2) is 9.54. The summed E-state index contributed by atoms with van der Waals surface area (Å²) in [6.07, 6.45) is 0.902. The predicted molar refractivity (Wildman–Crippen MR) is 148 cm³/mol. The first-order valence-corrected chi connectivity index (χ1v) is 14.4. The van der Waals surface area contributed by atoms with Crippen LogP contribution in [0, 0.1) is 6.92 Å². The van der Waals surface area contributed by atoms with Crippen LogP contribution in [0.1, 0.15) is 27.3 Å². The van der Waals surface area contributed by atoms with Crippen LogP contribution >= 0.6 is 22.9 Å². The summed E-state index contributed by atoms with van der Waals surface area (Å²) in [4.78, 5) is 0.704. The maximum absolute atomic E-state index is 13.9. The number of benzene rings is 3. The van der Waals surface area contributed by atoms with Crippen molar-refractivity contribution in [2.45, 2.75) is 24.7 Å². The summed E-state index contributed by atoms with van der Waals surface area (Å²) in [7, 11) is -4.17. The fraction of sp³-hybridized carbons (Fsp3) is 0.148. The molecule has 0 radical (unpaired) electrons. The van der Waals surface area contributed by atoms with E-state index in [-0.39, 0.29) is 22.6 Å². The molecule has 0 fully saturated rings. The first-order valence-electron chi connectivity index (χ1n) is 11.7. The maximum atomic E-state index is 13.9. The molecule has 3 heterocycles. The predicted octanol–water partition coefficient (Wildman–Crippen LogP) is 6.14. The van der Waals surface area contributed by atoms with E-state index in [4.69, 9.17) is 31.3 Å². The molecule has 0 bridgehead atoms. The van der Waals surface area contributed by atoms with Gasteiger partial charge in [0.2, 0.25) is 6.79 Å². The third-order valence-electron chi connectivity index (χ3n) is 6.34. The van der Waals surface area contributed by atoms with E-state index < -0.39 is 10.0 Å². The van der Waals surface area contributed by atoms with Crippen LogP contribution in [0.4, 0.5) is 11.6 Å². The van der Waals surface area contributed by atoms with Gasteiger partial charge < -0.3 is 19.7 Å². The van der Waals surface area contributed by atoms with Gasteiger partial charge in [-0.3, -0.25) is 0 Å². The van der Waals surface area contributed by atoms with Gasteiger partial charge in [-0.15, -0.1) is 11.3 Å². The molecule has 3 N–H and O–H groups in total. The number of hydrogen-bond acceptors (Lipinski definition) is 8. The van der Waals surface area contributed by atoms with Crippen molar-refractivity contribution in [2.75, 3.05) is 17.2 Å². The third kappa shape index (κ3) is 4.44. The van der Waals surface area contributed by atoms with E-state index in [1.807, 2.05) is 60.7 Å². The van der Waals surface area contributed by atoms with Crippen LogP contribution in [0.15, 0.2) is 70.1 Å². The van der Waals surface area contributed by atoms with Crippen molar-refractivity contribution >= 4 is 54.6 Å². The smallest absolute Gasteiger partial charge is 0.266 e. The Balaban J connectivity index is 1.49. The number of rotatable bonds is 7. The van der Waals surface area contributed by atoms with Gasteiger partial charge in [-0.2, -0.15) is 0 Å². The Bertz CT molecular complexity index is 1780. The van der Waals surface area contributed by atoms with E-state index in [1.54, 1.807) is 6.92 Å². The second-order valence-corrected chi connectivity index (χ2v) is 12.0. The number of anilines is 2. The number of fused-ring (bicyclic) bond motifs is 2. The van der Waals surface area contributed by atoms with Crippen molar-refractivity contribution in [1.29, 1.82) is 0 Å². The lowest BCUT2D eigenvalue weighted by atomic mass is 10.0. The van der Waals surface area contributed by atoms with E-state index in [9.17, 15) is 8.42 Å². The maximum Gasteiger partial charge on any atom is 0.266 e. The molecule has 194 valence electrons. The molecule has 0 spiro atoms. The molecule has 5 aromatic rings. The normalized spacial score (nSPS) is 12.8. The Morgan fingerprint density at radius 2 is 1.82 bits per heavy atom. The molecule has 11 heteroatoms. The number of ether oxygens (including phenoxy) is 2. The Morgan fingerprint density at radius 1 is 1.03 bits per heavy atom. The number of aromatic nitrogens is 1. The number of nitrogens with two attached hydrogens (primary N) is 1. The van der Waals surface area contributed by atoms with Crippen LogP contribution in [0.3, 0.4) is 0 Å². The molecule has 2 aromatic heterocycles. The second-order valence-electron chi connectivity index (χ2n) is 8.91. The van der Waals surface area contributed by atoms with Gasteiger partial charge in [-0.1, -0.05) is 59.2 Å². The molecular formula is C27H22ClN3O5S2. The Kier molecular flexibility index (Phi) is 6.17. The van der Waals surface area contributed by atoms with Crippen molar-refractivity contribution < 1.29 is 22.4 Å². The molecule has 1 aliphatic heterocycles. The van der Waals surface area contributed by atoms with E-state index in [0.717, 1.165) is 21.4 Å². The Hall–Kier alpha value is -3.73. The number of thiophene rings is 1. The van der Waals surface area contributed by atoms with Crippen LogP contribution in [0.2, 0.25) is 5.02 Å². The molecule has 0 saturated carbocycles. The minimum Gasteiger partial charge on any atom is -0.454 e. The fourth-order valence-corrected chi connectivity index (χ4v) is 7.67. The number of nitrogens with one attached hydrogen (secondary N) is 1. The van der Waals surface area contributed by atoms with Gasteiger partial charge in [0, 0.05) is 27.1 Å². The van der Waals surface area contributed by atoms with Gasteiger partial charge in [0.1, 0.15) is 15.6 Å². The first kappa shape index (κ1) is 24.6. The highest BCUT2D eigenvalue weighted by molar-refractivity contribution is 7.93. The molecule has 1 aliphatic rings. The lowest BCUT2D eigenvalue weighted by Crippen LogP contribution is -2.15. The topological polar surface area (TPSA) is 117 Å². The molecule has 0 saturated heterocycles. The SMILES string of the molecule is Cc1noc(NS(=O)(=O)c2c(Cc3ccc4c(c3)OCO4)sc3ccc(Cc4ccccc4)c(N)c23)c1Cl. The van der Waals surface area contributed by atoms with E-state index in [0.29, 0.717) is 46.0 Å². The summed E-state index contributed by atoms with van der Waals surface area (Å²) < 4.78 is 47.1. The number of aryl methyl sites for hydroxylation is 1. The van der Waals surface area contributed by atoms with Gasteiger partial charge in [0.25, 0.3) is 15.9 Å². The van der Waals surface area contributed by atoms with Crippen molar-refractivity contribution in [2.24, 2.45) is 0 Å².